The van der Waals surface area contributed by atoms with Gasteiger partial charge in [-0.25, -0.2) is 4.79 Å². The van der Waals surface area contributed by atoms with Crippen molar-refractivity contribution in [3.63, 3.8) is 0 Å². The van der Waals surface area contributed by atoms with Crippen molar-refractivity contribution in [3.8, 4) is 0 Å². The van der Waals surface area contributed by atoms with E-state index >= 15 is 0 Å². The lowest BCUT2D eigenvalue weighted by atomic mass is 10.00. The van der Waals surface area contributed by atoms with Crippen molar-refractivity contribution < 1.29 is 38.2 Å². The van der Waals surface area contributed by atoms with E-state index in [4.69, 9.17) is 15.2 Å². The number of carbonyl (C=O) groups is 6. The van der Waals surface area contributed by atoms with Crippen molar-refractivity contribution in [2.45, 2.75) is 103 Å². The van der Waals surface area contributed by atoms with Gasteiger partial charge >= 0.3 is 12.1 Å². The molecule has 50 heavy (non-hydrogen) atoms. The number of ether oxygens (including phenoxy) is 2. The number of nitrogens with zero attached hydrogens (tertiary/aromatic N) is 1. The third kappa shape index (κ3) is 13.6. The Balaban J connectivity index is 1.75. The van der Waals surface area contributed by atoms with E-state index in [1.165, 1.54) is 0 Å². The van der Waals surface area contributed by atoms with Crippen LogP contribution in [-0.4, -0.2) is 83.3 Å². The smallest absolute Gasteiger partial charge is 0.408 e. The van der Waals surface area contributed by atoms with E-state index in [9.17, 15) is 28.8 Å². The number of benzene rings is 2. The SMILES string of the molecule is CC(C)C[C@H](NC(=O)OCc1ccccc1)C(=O)N[C@@H](CC(N)=O)C(=O)N[C@@H](Cc1ccccc1)C(=O)CN1CCC[C@H]1C(=O)OC(C)(C)C. The van der Waals surface area contributed by atoms with Crippen LogP contribution in [0.2, 0.25) is 0 Å². The number of amides is 4. The highest BCUT2D eigenvalue weighted by molar-refractivity contribution is 5.97. The van der Waals surface area contributed by atoms with Gasteiger partial charge in [-0.3, -0.25) is 28.9 Å². The summed E-state index contributed by atoms with van der Waals surface area (Å²) in [5, 5.41) is 7.83. The summed E-state index contributed by atoms with van der Waals surface area (Å²) >= 11 is 0. The molecule has 272 valence electrons. The molecule has 0 bridgehead atoms. The Morgan fingerprint density at radius 2 is 1.42 bits per heavy atom. The van der Waals surface area contributed by atoms with Gasteiger partial charge in [-0.05, 0) is 70.0 Å². The first kappa shape index (κ1) is 39.7. The fraction of sp³-hybridized carbons (Fsp3) is 0.514. The fourth-order valence-electron chi connectivity index (χ4n) is 5.62. The molecule has 1 heterocycles. The minimum absolute atomic E-state index is 0.0117. The highest BCUT2D eigenvalue weighted by Crippen LogP contribution is 2.21. The van der Waals surface area contributed by atoms with E-state index in [2.05, 4.69) is 16.0 Å². The lowest BCUT2D eigenvalue weighted by Gasteiger charge is -2.29. The maximum Gasteiger partial charge on any atom is 0.408 e. The van der Waals surface area contributed by atoms with Gasteiger partial charge in [-0.15, -0.1) is 0 Å². The number of Topliss-reactive ketones (excluding diaryl/α,β-unsaturated/α-hetero) is 1. The molecule has 1 aliphatic heterocycles. The van der Waals surface area contributed by atoms with Gasteiger partial charge in [-0.1, -0.05) is 74.5 Å². The zero-order valence-electron chi connectivity index (χ0n) is 29.6. The van der Waals surface area contributed by atoms with Gasteiger partial charge in [0, 0.05) is 0 Å². The average Bonchev–Trinajstić information content (AvgIpc) is 3.51. The van der Waals surface area contributed by atoms with Crippen molar-refractivity contribution in [2.75, 3.05) is 13.1 Å². The van der Waals surface area contributed by atoms with E-state index in [0.717, 1.165) is 11.1 Å². The molecule has 2 aromatic carbocycles. The molecule has 0 spiro atoms. The molecular weight excluding hydrogens is 642 g/mol. The first-order valence-corrected chi connectivity index (χ1v) is 17.0. The number of nitrogens with two attached hydrogens (primary N) is 1. The highest BCUT2D eigenvalue weighted by atomic mass is 16.6. The molecular formula is C37H51N5O8. The number of primary amides is 1. The van der Waals surface area contributed by atoms with Crippen molar-refractivity contribution in [1.29, 1.82) is 0 Å². The van der Waals surface area contributed by atoms with Gasteiger partial charge in [0.05, 0.1) is 19.0 Å². The summed E-state index contributed by atoms with van der Waals surface area (Å²) in [5.74, 6) is -3.19. The largest absolute Gasteiger partial charge is 0.459 e. The van der Waals surface area contributed by atoms with Crippen LogP contribution in [-0.2, 0) is 46.5 Å². The van der Waals surface area contributed by atoms with Crippen LogP contribution in [0.15, 0.2) is 60.7 Å². The van der Waals surface area contributed by atoms with Crippen molar-refractivity contribution in [1.82, 2.24) is 20.9 Å². The van der Waals surface area contributed by atoms with E-state index in [1.807, 2.05) is 38.1 Å². The molecule has 0 aromatic heterocycles. The normalized spacial score (nSPS) is 16.5. The second kappa shape index (κ2) is 18.8. The third-order valence-electron chi connectivity index (χ3n) is 7.96. The average molecular weight is 694 g/mol. The number of hydrogen-bond donors (Lipinski definition) is 4. The van der Waals surface area contributed by atoms with Crippen molar-refractivity contribution in [2.24, 2.45) is 11.7 Å². The summed E-state index contributed by atoms with van der Waals surface area (Å²) in [6.45, 7) is 9.42. The zero-order chi connectivity index (χ0) is 36.8. The standard InChI is InChI=1S/C37H51N5O8/c1-24(2)19-28(41-36(48)49-23-26-15-10-7-11-16-26)33(45)40-29(21-32(38)44)34(46)39-27(20-25-13-8-6-9-14-25)31(43)22-42-18-12-17-30(42)35(47)50-37(3,4)5/h6-11,13-16,24,27-30H,12,17-23H2,1-5H3,(H2,38,44)(H,39,46)(H,40,45)(H,41,48)/t27-,28-,29-,30-/m0/s1. The predicted molar refractivity (Wildman–Crippen MR) is 186 cm³/mol. The molecule has 1 saturated heterocycles. The number of ketones is 1. The molecule has 3 rings (SSSR count). The molecule has 4 amide bonds. The minimum Gasteiger partial charge on any atom is -0.459 e. The highest BCUT2D eigenvalue weighted by Gasteiger charge is 2.37. The van der Waals surface area contributed by atoms with Crippen LogP contribution in [0, 0.1) is 5.92 Å². The Morgan fingerprint density at radius 3 is 2.00 bits per heavy atom. The van der Waals surface area contributed by atoms with Gasteiger partial charge in [-0.2, -0.15) is 0 Å². The van der Waals surface area contributed by atoms with Crippen LogP contribution in [0.25, 0.3) is 0 Å². The Labute approximate surface area is 294 Å². The molecule has 13 heteroatoms. The second-order valence-electron chi connectivity index (χ2n) is 14.0. The third-order valence-corrected chi connectivity index (χ3v) is 7.96. The van der Waals surface area contributed by atoms with Gasteiger partial charge < -0.3 is 31.2 Å². The molecule has 0 saturated carbocycles. The first-order chi connectivity index (χ1) is 23.6. The fourth-order valence-corrected chi connectivity index (χ4v) is 5.62. The van der Waals surface area contributed by atoms with Gasteiger partial charge in [0.15, 0.2) is 5.78 Å². The monoisotopic (exact) mass is 693 g/mol. The summed E-state index contributed by atoms with van der Waals surface area (Å²) in [4.78, 5) is 80.4. The van der Waals surface area contributed by atoms with E-state index in [1.54, 1.807) is 62.1 Å². The molecule has 2 aromatic rings. The molecule has 4 atom stereocenters. The van der Waals surface area contributed by atoms with Crippen LogP contribution < -0.4 is 21.7 Å². The summed E-state index contributed by atoms with van der Waals surface area (Å²) in [6, 6.07) is 13.9. The summed E-state index contributed by atoms with van der Waals surface area (Å²) in [5.41, 5.74) is 6.31. The molecule has 0 unspecified atom stereocenters. The van der Waals surface area contributed by atoms with E-state index < -0.39 is 66.0 Å². The number of carbonyl (C=O) groups excluding carboxylic acids is 6. The minimum atomic E-state index is -1.44. The molecule has 5 N–H and O–H groups in total. The van der Waals surface area contributed by atoms with Crippen molar-refractivity contribution >= 4 is 35.6 Å². The van der Waals surface area contributed by atoms with Crippen LogP contribution in [0.4, 0.5) is 4.79 Å². The van der Waals surface area contributed by atoms with Gasteiger partial charge in [0.1, 0.15) is 30.3 Å². The maximum atomic E-state index is 13.8. The predicted octanol–water partition coefficient (Wildman–Crippen LogP) is 2.79. The number of esters is 1. The molecule has 13 nitrogen and oxygen atoms in total. The van der Waals surface area contributed by atoms with Crippen LogP contribution in [0.3, 0.4) is 0 Å². The Kier molecular flexibility index (Phi) is 14.9. The number of hydrogen-bond acceptors (Lipinski definition) is 9. The van der Waals surface area contributed by atoms with E-state index in [-0.39, 0.29) is 37.7 Å². The quantitative estimate of drug-likeness (QED) is 0.181. The van der Waals surface area contributed by atoms with Gasteiger partial charge in [0.25, 0.3) is 0 Å². The number of likely N-dealkylation sites (tertiary alicyclic amines) is 1. The van der Waals surface area contributed by atoms with Gasteiger partial charge in [0.2, 0.25) is 17.7 Å². The lowest BCUT2D eigenvalue weighted by molar-refractivity contribution is -0.160. The van der Waals surface area contributed by atoms with E-state index in [0.29, 0.717) is 19.4 Å². The molecule has 1 fully saturated rings. The number of rotatable bonds is 17. The second-order valence-corrected chi connectivity index (χ2v) is 14.0. The molecule has 0 radical (unpaired) electrons. The van der Waals surface area contributed by atoms with Crippen LogP contribution in [0.5, 0.6) is 0 Å². The topological polar surface area (TPSA) is 186 Å². The molecule has 0 aliphatic carbocycles. The first-order valence-electron chi connectivity index (χ1n) is 17.0. The zero-order valence-corrected chi connectivity index (χ0v) is 29.6. The summed E-state index contributed by atoms with van der Waals surface area (Å²) < 4.78 is 10.9. The van der Waals surface area contributed by atoms with Crippen molar-refractivity contribution in [3.05, 3.63) is 71.8 Å². The Bertz CT molecular complexity index is 1460. The number of nitrogens with one attached hydrogen (secondary N) is 3. The maximum absolute atomic E-state index is 13.8. The Hall–Kier alpha value is -4.78. The Morgan fingerprint density at radius 1 is 0.840 bits per heavy atom. The number of alkyl carbamates (subject to hydrolysis) is 1. The summed E-state index contributed by atoms with van der Waals surface area (Å²) in [7, 11) is 0. The van der Waals surface area contributed by atoms with Crippen LogP contribution in [0.1, 0.15) is 71.4 Å². The lowest BCUT2D eigenvalue weighted by Crippen LogP contribution is -2.57. The van der Waals surface area contributed by atoms with Crippen LogP contribution >= 0.6 is 0 Å². The summed E-state index contributed by atoms with van der Waals surface area (Å²) in [6.07, 6.45) is 0.190. The molecule has 1 aliphatic rings.